The lowest BCUT2D eigenvalue weighted by molar-refractivity contribution is -0.133. The second-order valence-electron chi connectivity index (χ2n) is 5.99. The highest BCUT2D eigenvalue weighted by atomic mass is 16.2. The van der Waals surface area contributed by atoms with Crippen LogP contribution in [-0.4, -0.2) is 37.0 Å². The molecule has 1 saturated heterocycles. The summed E-state index contributed by atoms with van der Waals surface area (Å²) >= 11 is 0. The lowest BCUT2D eigenvalue weighted by Gasteiger charge is -2.30. The zero-order valence-corrected chi connectivity index (χ0v) is 12.6. The minimum atomic E-state index is 0.0282. The van der Waals surface area contributed by atoms with E-state index in [9.17, 15) is 4.79 Å². The van der Waals surface area contributed by atoms with Crippen LogP contribution in [0.3, 0.4) is 0 Å². The summed E-state index contributed by atoms with van der Waals surface area (Å²) in [5.74, 6) is 0.910. The van der Waals surface area contributed by atoms with Gasteiger partial charge in [-0.25, -0.2) is 0 Å². The molecular formula is C17H26N2O. The van der Waals surface area contributed by atoms with Gasteiger partial charge in [0.1, 0.15) is 0 Å². The molecule has 1 N–H and O–H groups in total. The van der Waals surface area contributed by atoms with E-state index in [1.807, 2.05) is 18.0 Å². The maximum Gasteiger partial charge on any atom is 0.239 e. The van der Waals surface area contributed by atoms with Gasteiger partial charge in [0, 0.05) is 13.6 Å². The van der Waals surface area contributed by atoms with Crippen molar-refractivity contribution in [2.24, 2.45) is 5.92 Å². The molecule has 110 valence electrons. The molecule has 1 aromatic carbocycles. The van der Waals surface area contributed by atoms with Crippen molar-refractivity contribution in [2.45, 2.75) is 38.6 Å². The predicted molar refractivity (Wildman–Crippen MR) is 82.6 cm³/mol. The number of nitrogens with one attached hydrogen (secondary N) is 1. The number of nitrogens with zero attached hydrogens (tertiary/aromatic N) is 1. The van der Waals surface area contributed by atoms with E-state index in [4.69, 9.17) is 0 Å². The van der Waals surface area contributed by atoms with Crippen molar-refractivity contribution in [1.82, 2.24) is 10.2 Å². The molecule has 0 spiro atoms. The minimum absolute atomic E-state index is 0.0282. The monoisotopic (exact) mass is 274 g/mol. The fourth-order valence-electron chi connectivity index (χ4n) is 2.84. The molecule has 3 heteroatoms. The summed E-state index contributed by atoms with van der Waals surface area (Å²) in [6.07, 6.45) is 4.21. The van der Waals surface area contributed by atoms with Gasteiger partial charge in [0.25, 0.3) is 0 Å². The van der Waals surface area contributed by atoms with Crippen LogP contribution >= 0.6 is 0 Å². The molecule has 1 aliphatic heterocycles. The Kier molecular flexibility index (Phi) is 5.60. The summed E-state index contributed by atoms with van der Waals surface area (Å²) in [7, 11) is 1.92. The molecule has 0 aromatic heterocycles. The second-order valence-corrected chi connectivity index (χ2v) is 5.99. The van der Waals surface area contributed by atoms with Gasteiger partial charge in [-0.2, -0.15) is 0 Å². The van der Waals surface area contributed by atoms with Gasteiger partial charge in [0.05, 0.1) is 6.04 Å². The largest absolute Gasteiger partial charge is 0.344 e. The van der Waals surface area contributed by atoms with Crippen molar-refractivity contribution in [3.63, 3.8) is 0 Å². The first-order valence-corrected chi connectivity index (χ1v) is 7.69. The van der Waals surface area contributed by atoms with Crippen molar-refractivity contribution in [2.75, 3.05) is 20.1 Å². The third-order valence-corrected chi connectivity index (χ3v) is 4.14. The summed E-state index contributed by atoms with van der Waals surface area (Å²) in [6.45, 7) is 4.03. The Morgan fingerprint density at radius 1 is 1.35 bits per heavy atom. The Bertz CT molecular complexity index is 418. The highest BCUT2D eigenvalue weighted by Gasteiger charge is 2.26. The molecular weight excluding hydrogens is 248 g/mol. The number of hydrogen-bond acceptors (Lipinski definition) is 2. The van der Waals surface area contributed by atoms with Crippen molar-refractivity contribution in [3.8, 4) is 0 Å². The molecule has 3 nitrogen and oxygen atoms in total. The normalized spacial score (nSPS) is 22.5. The Hall–Kier alpha value is -1.35. The smallest absolute Gasteiger partial charge is 0.239 e. The number of amides is 1. The average Bonchev–Trinajstić information content (AvgIpc) is 2.47. The highest BCUT2D eigenvalue weighted by molar-refractivity contribution is 5.81. The van der Waals surface area contributed by atoms with Crippen molar-refractivity contribution in [3.05, 3.63) is 35.9 Å². The van der Waals surface area contributed by atoms with Gasteiger partial charge in [0.15, 0.2) is 0 Å². The number of carbonyl (C=O) groups is 1. The first-order valence-electron chi connectivity index (χ1n) is 7.69. The zero-order valence-electron chi connectivity index (χ0n) is 12.6. The molecule has 2 rings (SSSR count). The molecule has 1 amide bonds. The van der Waals surface area contributed by atoms with E-state index in [0.29, 0.717) is 5.92 Å². The quantitative estimate of drug-likeness (QED) is 0.894. The fourth-order valence-corrected chi connectivity index (χ4v) is 2.84. The van der Waals surface area contributed by atoms with Crippen LogP contribution in [-0.2, 0) is 11.2 Å². The van der Waals surface area contributed by atoms with Crippen LogP contribution in [0, 0.1) is 5.92 Å². The molecule has 1 heterocycles. The maximum absolute atomic E-state index is 12.3. The van der Waals surface area contributed by atoms with Crippen LogP contribution < -0.4 is 5.32 Å². The van der Waals surface area contributed by atoms with Gasteiger partial charge in [-0.15, -0.1) is 0 Å². The summed E-state index contributed by atoms with van der Waals surface area (Å²) in [4.78, 5) is 14.2. The van der Waals surface area contributed by atoms with Gasteiger partial charge in [-0.1, -0.05) is 37.3 Å². The number of carbonyl (C=O) groups excluding carboxylic acids is 1. The number of piperidine rings is 1. The van der Waals surface area contributed by atoms with Crippen LogP contribution in [0.4, 0.5) is 0 Å². The Labute approximate surface area is 122 Å². The fraction of sp³-hybridized carbons (Fsp3) is 0.588. The van der Waals surface area contributed by atoms with Crippen LogP contribution in [0.5, 0.6) is 0 Å². The summed E-state index contributed by atoms with van der Waals surface area (Å²) in [5.41, 5.74) is 1.35. The molecule has 2 unspecified atom stereocenters. The third kappa shape index (κ3) is 4.34. The highest BCUT2D eigenvalue weighted by Crippen LogP contribution is 2.16. The number of rotatable bonds is 5. The van der Waals surface area contributed by atoms with Gasteiger partial charge in [-0.05, 0) is 43.7 Å². The Morgan fingerprint density at radius 2 is 2.10 bits per heavy atom. The van der Waals surface area contributed by atoms with Crippen LogP contribution in [0.2, 0.25) is 0 Å². The minimum Gasteiger partial charge on any atom is -0.344 e. The van der Waals surface area contributed by atoms with Crippen LogP contribution in [0.25, 0.3) is 0 Å². The first kappa shape index (κ1) is 15.0. The molecule has 0 radical (unpaired) electrons. The summed E-state index contributed by atoms with van der Waals surface area (Å²) in [5, 5.41) is 3.35. The summed E-state index contributed by atoms with van der Waals surface area (Å²) < 4.78 is 0. The van der Waals surface area contributed by atoms with Crippen molar-refractivity contribution >= 4 is 5.91 Å². The van der Waals surface area contributed by atoms with E-state index in [-0.39, 0.29) is 11.9 Å². The average molecular weight is 274 g/mol. The van der Waals surface area contributed by atoms with E-state index < -0.39 is 0 Å². The number of aryl methyl sites for hydroxylation is 1. The third-order valence-electron chi connectivity index (χ3n) is 4.14. The number of hydrogen-bond donors (Lipinski definition) is 1. The molecule has 20 heavy (non-hydrogen) atoms. The second kappa shape index (κ2) is 7.44. The predicted octanol–water partition coefficient (Wildman–Crippen LogP) is 2.47. The Morgan fingerprint density at radius 3 is 2.80 bits per heavy atom. The van der Waals surface area contributed by atoms with Crippen LogP contribution in [0.1, 0.15) is 31.7 Å². The SMILES string of the molecule is CC1CCNC(C(=O)N(C)CCCc2ccccc2)C1. The molecule has 0 aliphatic carbocycles. The zero-order chi connectivity index (χ0) is 14.4. The van der Waals surface area contributed by atoms with Gasteiger partial charge in [0.2, 0.25) is 5.91 Å². The molecule has 1 aromatic rings. The van der Waals surface area contributed by atoms with Crippen molar-refractivity contribution in [1.29, 1.82) is 0 Å². The van der Waals surface area contributed by atoms with E-state index in [0.717, 1.165) is 32.4 Å². The first-order chi connectivity index (χ1) is 9.66. The number of benzene rings is 1. The van der Waals surface area contributed by atoms with Gasteiger partial charge >= 0.3 is 0 Å². The van der Waals surface area contributed by atoms with E-state index >= 15 is 0 Å². The van der Waals surface area contributed by atoms with E-state index in [1.165, 1.54) is 12.0 Å². The molecule has 1 aliphatic rings. The van der Waals surface area contributed by atoms with Crippen LogP contribution in [0.15, 0.2) is 30.3 Å². The maximum atomic E-state index is 12.3. The van der Waals surface area contributed by atoms with Gasteiger partial charge in [-0.3, -0.25) is 4.79 Å². The molecule has 1 fully saturated rings. The standard InChI is InChI=1S/C17H26N2O/c1-14-10-11-18-16(13-14)17(20)19(2)12-6-9-15-7-4-3-5-8-15/h3-5,7-8,14,16,18H,6,9-13H2,1-2H3. The molecule has 0 bridgehead atoms. The lowest BCUT2D eigenvalue weighted by atomic mass is 9.93. The van der Waals surface area contributed by atoms with Gasteiger partial charge < -0.3 is 10.2 Å². The number of likely N-dealkylation sites (N-methyl/N-ethyl adjacent to an activating group) is 1. The van der Waals surface area contributed by atoms with E-state index in [2.05, 4.69) is 36.5 Å². The molecule has 0 saturated carbocycles. The topological polar surface area (TPSA) is 32.3 Å². The van der Waals surface area contributed by atoms with E-state index in [1.54, 1.807) is 0 Å². The molecule has 2 atom stereocenters. The Balaban J connectivity index is 1.73. The summed E-state index contributed by atoms with van der Waals surface area (Å²) in [6, 6.07) is 10.5. The van der Waals surface area contributed by atoms with Crippen molar-refractivity contribution < 1.29 is 4.79 Å². The lowest BCUT2D eigenvalue weighted by Crippen LogP contribution is -2.49.